The van der Waals surface area contributed by atoms with Crippen LogP contribution in [0.1, 0.15) is 54.3 Å². The Bertz CT molecular complexity index is 1580. The van der Waals surface area contributed by atoms with Crippen LogP contribution in [-0.4, -0.2) is 82.8 Å². The van der Waals surface area contributed by atoms with E-state index in [0.29, 0.717) is 66.6 Å². The average molecular weight is 620 g/mol. The van der Waals surface area contributed by atoms with Crippen molar-refractivity contribution >= 4 is 45.8 Å². The molecule has 7 heterocycles. The van der Waals surface area contributed by atoms with E-state index in [1.165, 1.54) is 16.2 Å². The fraction of sp³-hybridized carbons (Fsp3) is 0.552. The third-order valence-corrected chi connectivity index (χ3v) is 11.9. The molecule has 3 aromatic heterocycles. The summed E-state index contributed by atoms with van der Waals surface area (Å²) < 4.78 is 6.24. The molecule has 0 radical (unpaired) electrons. The van der Waals surface area contributed by atoms with E-state index in [-0.39, 0.29) is 16.3 Å². The number of hydrogen-bond donors (Lipinski definition) is 3. The summed E-state index contributed by atoms with van der Waals surface area (Å²) in [7, 11) is 2.17. The van der Waals surface area contributed by atoms with Crippen LogP contribution in [0.25, 0.3) is 0 Å². The average Bonchev–Trinajstić information content (AvgIpc) is 3.60. The van der Waals surface area contributed by atoms with Crippen LogP contribution < -0.4 is 31.3 Å². The highest BCUT2D eigenvalue weighted by Gasteiger charge is 2.53. The zero-order valence-electron chi connectivity index (χ0n) is 24.7. The Morgan fingerprint density at radius 2 is 2.12 bits per heavy atom. The first-order chi connectivity index (χ1) is 20.7. The number of nitrogens with one attached hydrogen (secondary N) is 1. The van der Waals surface area contributed by atoms with Crippen LogP contribution in [0, 0.1) is 11.3 Å². The van der Waals surface area contributed by atoms with Gasteiger partial charge in [0.05, 0.1) is 21.9 Å². The monoisotopic (exact) mass is 619 g/mol. The molecule has 43 heavy (non-hydrogen) atoms. The van der Waals surface area contributed by atoms with Crippen LogP contribution in [0.2, 0.25) is 0 Å². The van der Waals surface area contributed by atoms with Crippen molar-refractivity contribution < 1.29 is 4.74 Å². The zero-order valence-corrected chi connectivity index (χ0v) is 26.3. The molecule has 2 bridgehead atoms. The normalized spacial score (nSPS) is 24.4. The lowest BCUT2D eigenvalue weighted by atomic mass is 9.88. The van der Waals surface area contributed by atoms with Gasteiger partial charge >= 0.3 is 6.01 Å². The molecule has 0 aliphatic carbocycles. The molecule has 3 atom stereocenters. The van der Waals surface area contributed by atoms with E-state index < -0.39 is 0 Å². The molecule has 4 aliphatic heterocycles. The topological polar surface area (TPSA) is 158 Å². The maximum Gasteiger partial charge on any atom is 0.323 e. The second-order valence-electron chi connectivity index (χ2n) is 12.2. The number of pyridine rings is 1. The van der Waals surface area contributed by atoms with Gasteiger partial charge in [-0.05, 0) is 39.8 Å². The number of aromatic nitrogens is 4. The van der Waals surface area contributed by atoms with E-state index in [2.05, 4.69) is 52.0 Å². The molecule has 0 aromatic carbocycles. The van der Waals surface area contributed by atoms with Crippen LogP contribution in [0.3, 0.4) is 0 Å². The molecule has 0 saturated carbocycles. The fourth-order valence-corrected chi connectivity index (χ4v) is 10.1. The molecular formula is C29H37N11OS2. The number of nitriles is 1. The first-order valence-electron chi connectivity index (χ1n) is 14.8. The quantitative estimate of drug-likeness (QED) is 0.338. The first kappa shape index (κ1) is 28.4. The van der Waals surface area contributed by atoms with E-state index >= 15 is 0 Å². The standard InChI is InChI=1S/C29H37N11OS2/c1-4-40(17(2)19-6-5-9-33-23(19)31)26-34-25(35-27(36-26)41-16-28-8-7-18(37-28)11-38(3)13-28)39-14-29(15-39)22-20(10-30)24(32)43-21(22)12-42-29/h5-6,9,17-18,37H,4,7-8,11-16,32H2,1-3H3,(H2,31,33)/t17-,18-,28?/m1/s1. The number of nitrogen functional groups attached to an aromatic ring is 2. The van der Waals surface area contributed by atoms with Gasteiger partial charge in [0, 0.05) is 66.7 Å². The van der Waals surface area contributed by atoms with Crippen LogP contribution in [0.15, 0.2) is 18.3 Å². The molecule has 7 rings (SSSR count). The summed E-state index contributed by atoms with van der Waals surface area (Å²) in [4.78, 5) is 26.8. The summed E-state index contributed by atoms with van der Waals surface area (Å²) in [5.41, 5.74) is 15.0. The molecule has 3 aromatic rings. The van der Waals surface area contributed by atoms with Crippen molar-refractivity contribution in [3.63, 3.8) is 0 Å². The second kappa shape index (κ2) is 10.7. The van der Waals surface area contributed by atoms with Gasteiger partial charge in [-0.3, -0.25) is 0 Å². The number of hydrogen-bond acceptors (Lipinski definition) is 14. The lowest BCUT2D eigenvalue weighted by Gasteiger charge is -2.48. The lowest BCUT2D eigenvalue weighted by Crippen LogP contribution is -2.61. The number of thioether (sulfide) groups is 1. The van der Waals surface area contributed by atoms with Gasteiger partial charge in [-0.2, -0.15) is 20.2 Å². The van der Waals surface area contributed by atoms with Crippen molar-refractivity contribution in [3.8, 4) is 12.1 Å². The Balaban J connectivity index is 1.20. The molecule has 4 aliphatic rings. The van der Waals surface area contributed by atoms with Gasteiger partial charge in [0.2, 0.25) is 11.9 Å². The maximum atomic E-state index is 9.84. The third kappa shape index (κ3) is 4.82. The summed E-state index contributed by atoms with van der Waals surface area (Å²) in [5, 5.41) is 14.2. The van der Waals surface area contributed by atoms with Crippen molar-refractivity contribution in [2.45, 2.75) is 54.8 Å². The SMILES string of the molecule is CCN(c1nc(OCC23CC[C@H](CN(C)C2)N3)nc(N2CC3(C2)SCc2sc(N)c(C#N)c23)n1)[C@H](C)c1cccnc1N. The molecule has 0 amide bonds. The maximum absolute atomic E-state index is 9.84. The van der Waals surface area contributed by atoms with Gasteiger partial charge in [-0.1, -0.05) is 6.07 Å². The van der Waals surface area contributed by atoms with E-state index in [9.17, 15) is 5.26 Å². The molecule has 1 unspecified atom stereocenters. The summed E-state index contributed by atoms with van der Waals surface area (Å²) in [5.74, 6) is 2.46. The number of fused-ring (bicyclic) bond motifs is 4. The lowest BCUT2D eigenvalue weighted by molar-refractivity contribution is 0.107. The van der Waals surface area contributed by atoms with E-state index in [1.807, 2.05) is 23.9 Å². The minimum Gasteiger partial charge on any atom is -0.461 e. The predicted octanol–water partition coefficient (Wildman–Crippen LogP) is 2.73. The molecule has 1 spiro atoms. The zero-order chi connectivity index (χ0) is 29.9. The fourth-order valence-electron chi connectivity index (χ4n) is 7.25. The van der Waals surface area contributed by atoms with Gasteiger partial charge in [0.1, 0.15) is 23.5 Å². The van der Waals surface area contributed by atoms with Crippen LogP contribution >= 0.6 is 23.1 Å². The van der Waals surface area contributed by atoms with Crippen molar-refractivity contribution in [2.75, 3.05) is 67.6 Å². The van der Waals surface area contributed by atoms with Crippen molar-refractivity contribution in [1.82, 2.24) is 30.2 Å². The Kier molecular flexibility index (Phi) is 7.04. The number of nitrogens with two attached hydrogens (primary N) is 2. The highest BCUT2D eigenvalue weighted by Crippen LogP contribution is 2.57. The highest BCUT2D eigenvalue weighted by atomic mass is 32.2. The molecule has 226 valence electrons. The number of ether oxygens (including phenoxy) is 1. The summed E-state index contributed by atoms with van der Waals surface area (Å²) in [6, 6.07) is 6.92. The van der Waals surface area contributed by atoms with E-state index in [0.717, 1.165) is 42.8 Å². The number of rotatable bonds is 8. The van der Waals surface area contributed by atoms with Gasteiger partial charge in [-0.15, -0.1) is 23.1 Å². The number of anilines is 4. The first-order valence-corrected chi connectivity index (χ1v) is 16.6. The number of likely N-dealkylation sites (tertiary alicyclic amines) is 1. The molecule has 3 fully saturated rings. The Hall–Kier alpha value is -3.38. The van der Waals surface area contributed by atoms with Gasteiger partial charge in [0.25, 0.3) is 0 Å². The Morgan fingerprint density at radius 3 is 2.88 bits per heavy atom. The highest BCUT2D eigenvalue weighted by molar-refractivity contribution is 8.00. The smallest absolute Gasteiger partial charge is 0.323 e. The van der Waals surface area contributed by atoms with Crippen LogP contribution in [0.4, 0.5) is 22.7 Å². The molecule has 12 nitrogen and oxygen atoms in total. The largest absolute Gasteiger partial charge is 0.461 e. The van der Waals surface area contributed by atoms with E-state index in [1.54, 1.807) is 6.20 Å². The molecular weight excluding hydrogens is 583 g/mol. The number of likely N-dealkylation sites (N-methyl/N-ethyl adjacent to an activating group) is 1. The Labute approximate surface area is 259 Å². The van der Waals surface area contributed by atoms with Gasteiger partial charge in [0.15, 0.2) is 0 Å². The van der Waals surface area contributed by atoms with Crippen molar-refractivity contribution in [2.24, 2.45) is 0 Å². The summed E-state index contributed by atoms with van der Waals surface area (Å²) in [6.07, 6.45) is 3.90. The molecule has 3 saturated heterocycles. The molecule has 5 N–H and O–H groups in total. The van der Waals surface area contributed by atoms with Crippen LogP contribution in [-0.2, 0) is 10.5 Å². The Morgan fingerprint density at radius 1 is 1.28 bits per heavy atom. The molecule has 14 heteroatoms. The van der Waals surface area contributed by atoms with Crippen LogP contribution in [0.5, 0.6) is 6.01 Å². The van der Waals surface area contributed by atoms with Gasteiger partial charge < -0.3 is 36.2 Å². The third-order valence-electron chi connectivity index (χ3n) is 9.27. The summed E-state index contributed by atoms with van der Waals surface area (Å²) in [6.45, 7) is 8.65. The number of thiophene rings is 1. The minimum absolute atomic E-state index is 0.114. The predicted molar refractivity (Wildman–Crippen MR) is 170 cm³/mol. The van der Waals surface area contributed by atoms with Crippen molar-refractivity contribution in [1.29, 1.82) is 5.26 Å². The number of nitrogens with zero attached hydrogens (tertiary/aromatic N) is 8. The van der Waals surface area contributed by atoms with Gasteiger partial charge in [-0.25, -0.2) is 4.98 Å². The second-order valence-corrected chi connectivity index (χ2v) is 14.7. The number of piperazine rings is 1. The minimum atomic E-state index is -0.182. The van der Waals surface area contributed by atoms with E-state index in [4.69, 9.17) is 31.2 Å². The van der Waals surface area contributed by atoms with Crippen molar-refractivity contribution in [3.05, 3.63) is 39.9 Å². The summed E-state index contributed by atoms with van der Waals surface area (Å²) >= 11 is 3.42.